The molecule has 164 valence electrons. The van der Waals surface area contributed by atoms with Gasteiger partial charge in [-0.15, -0.1) is 0 Å². The van der Waals surface area contributed by atoms with E-state index >= 15 is 0 Å². The molecule has 1 saturated heterocycles. The van der Waals surface area contributed by atoms with Crippen molar-refractivity contribution in [1.29, 1.82) is 0 Å². The van der Waals surface area contributed by atoms with Gasteiger partial charge in [0.15, 0.2) is 17.6 Å². The van der Waals surface area contributed by atoms with Gasteiger partial charge in [-0.3, -0.25) is 4.79 Å². The predicted octanol–water partition coefficient (Wildman–Crippen LogP) is -0.362. The largest absolute Gasteiger partial charge is 0.493 e. The van der Waals surface area contributed by atoms with Gasteiger partial charge in [-0.05, 0) is 38.0 Å². The van der Waals surface area contributed by atoms with Crippen molar-refractivity contribution in [1.82, 2.24) is 5.32 Å². The number of amides is 1. The monoisotopic (exact) mass is 413 g/mol. The number of methoxy groups -OCH3 is 3. The molecule has 1 fully saturated rings. The normalized spacial score (nSPS) is 27.4. The molecule has 0 aromatic heterocycles. The van der Waals surface area contributed by atoms with E-state index in [0.717, 1.165) is 5.56 Å². The number of carbonyl (C=O) groups is 1. The number of aliphatic hydroxyl groups excluding tert-OH is 3. The van der Waals surface area contributed by atoms with Gasteiger partial charge >= 0.3 is 0 Å². The lowest BCUT2D eigenvalue weighted by molar-refractivity contribution is -0.258. The van der Waals surface area contributed by atoms with E-state index in [4.69, 9.17) is 18.9 Å². The van der Waals surface area contributed by atoms with Gasteiger partial charge in [0, 0.05) is 13.7 Å². The molecule has 1 aliphatic heterocycles. The van der Waals surface area contributed by atoms with E-state index in [1.165, 1.54) is 7.11 Å². The molecular formula is C20H31NO8. The van der Waals surface area contributed by atoms with Crippen LogP contribution in [0.15, 0.2) is 18.2 Å². The first-order valence-electron chi connectivity index (χ1n) is 9.39. The maximum absolute atomic E-state index is 12.6. The summed E-state index contributed by atoms with van der Waals surface area (Å²) in [5, 5.41) is 33.3. The van der Waals surface area contributed by atoms with Gasteiger partial charge in [-0.1, -0.05) is 6.07 Å². The van der Waals surface area contributed by atoms with E-state index in [1.54, 1.807) is 34.1 Å². The maximum atomic E-state index is 12.6. The van der Waals surface area contributed by atoms with Crippen LogP contribution in [0.5, 0.6) is 11.5 Å². The molecule has 1 aromatic rings. The molecule has 29 heavy (non-hydrogen) atoms. The second-order valence-electron chi connectivity index (χ2n) is 7.49. The minimum absolute atomic E-state index is 0.276. The van der Waals surface area contributed by atoms with Gasteiger partial charge in [-0.25, -0.2) is 0 Å². The summed E-state index contributed by atoms with van der Waals surface area (Å²) in [5.74, 6) is 0.614. The Balaban J connectivity index is 2.00. The van der Waals surface area contributed by atoms with Gasteiger partial charge < -0.3 is 39.6 Å². The minimum Gasteiger partial charge on any atom is -0.493 e. The highest BCUT2D eigenvalue weighted by atomic mass is 16.6. The Labute approximate surface area is 170 Å². The Kier molecular flexibility index (Phi) is 7.84. The smallest absolute Gasteiger partial charge is 0.251 e. The topological polar surface area (TPSA) is 127 Å². The molecule has 9 nitrogen and oxygen atoms in total. The van der Waals surface area contributed by atoms with Crippen LogP contribution < -0.4 is 14.8 Å². The van der Waals surface area contributed by atoms with Gasteiger partial charge in [0.05, 0.1) is 19.8 Å². The lowest BCUT2D eigenvalue weighted by Gasteiger charge is -2.45. The van der Waals surface area contributed by atoms with Gasteiger partial charge in [-0.2, -0.15) is 0 Å². The number of hydrogen-bond acceptors (Lipinski definition) is 8. The SMILES string of the molecule is COc1ccc(CCNC(=O)C2OC(C(C)(C)OC)[C@@H](O)[C@@H](O)[C@@H]2O)cc1OC. The average molecular weight is 413 g/mol. The Bertz CT molecular complexity index is 695. The third-order valence-electron chi connectivity index (χ3n) is 5.24. The molecule has 1 aliphatic rings. The number of ether oxygens (including phenoxy) is 4. The van der Waals surface area contributed by atoms with Gasteiger partial charge in [0.1, 0.15) is 24.4 Å². The zero-order chi connectivity index (χ0) is 21.8. The van der Waals surface area contributed by atoms with E-state index in [9.17, 15) is 20.1 Å². The van der Waals surface area contributed by atoms with Crippen molar-refractivity contribution in [2.45, 2.75) is 56.4 Å². The zero-order valence-electron chi connectivity index (χ0n) is 17.4. The van der Waals surface area contributed by atoms with Crippen molar-refractivity contribution < 1.29 is 39.1 Å². The molecule has 4 N–H and O–H groups in total. The van der Waals surface area contributed by atoms with Crippen LogP contribution >= 0.6 is 0 Å². The van der Waals surface area contributed by atoms with Crippen molar-refractivity contribution in [2.75, 3.05) is 27.9 Å². The Hall–Kier alpha value is -1.91. The van der Waals surface area contributed by atoms with Gasteiger partial charge in [0.25, 0.3) is 5.91 Å². The number of nitrogens with one attached hydrogen (secondary N) is 1. The zero-order valence-corrected chi connectivity index (χ0v) is 17.4. The van der Waals surface area contributed by atoms with Crippen LogP contribution in [0.1, 0.15) is 19.4 Å². The first-order valence-corrected chi connectivity index (χ1v) is 9.39. The molecule has 0 spiro atoms. The lowest BCUT2D eigenvalue weighted by atomic mass is 9.86. The molecule has 1 amide bonds. The molecule has 1 aromatic carbocycles. The van der Waals surface area contributed by atoms with Crippen molar-refractivity contribution in [2.24, 2.45) is 0 Å². The van der Waals surface area contributed by atoms with Gasteiger partial charge in [0.2, 0.25) is 0 Å². The fourth-order valence-electron chi connectivity index (χ4n) is 3.25. The summed E-state index contributed by atoms with van der Waals surface area (Å²) in [6.45, 7) is 3.60. The highest BCUT2D eigenvalue weighted by molar-refractivity contribution is 5.81. The summed E-state index contributed by atoms with van der Waals surface area (Å²) < 4.78 is 21.4. The minimum atomic E-state index is -1.56. The summed E-state index contributed by atoms with van der Waals surface area (Å²) in [6.07, 6.45) is -6.31. The first kappa shape index (κ1) is 23.4. The van der Waals surface area contributed by atoms with Crippen LogP contribution in [-0.2, 0) is 20.7 Å². The van der Waals surface area contributed by atoms with Crippen LogP contribution in [0, 0.1) is 0 Å². The predicted molar refractivity (Wildman–Crippen MR) is 104 cm³/mol. The molecule has 2 rings (SSSR count). The van der Waals surface area contributed by atoms with E-state index in [1.807, 2.05) is 12.1 Å². The molecule has 2 unspecified atom stereocenters. The fourth-order valence-corrected chi connectivity index (χ4v) is 3.25. The second kappa shape index (κ2) is 9.73. The van der Waals surface area contributed by atoms with Crippen LogP contribution in [0.4, 0.5) is 0 Å². The Morgan fingerprint density at radius 3 is 2.31 bits per heavy atom. The fraction of sp³-hybridized carbons (Fsp3) is 0.650. The number of benzene rings is 1. The van der Waals surface area contributed by atoms with E-state index < -0.39 is 42.0 Å². The van der Waals surface area contributed by atoms with Crippen LogP contribution in [0.2, 0.25) is 0 Å². The van der Waals surface area contributed by atoms with Crippen molar-refractivity contribution in [3.05, 3.63) is 23.8 Å². The van der Waals surface area contributed by atoms with E-state index in [0.29, 0.717) is 17.9 Å². The number of rotatable bonds is 8. The average Bonchev–Trinajstić information content (AvgIpc) is 2.71. The molecule has 9 heteroatoms. The summed E-state index contributed by atoms with van der Waals surface area (Å²) in [5.41, 5.74) is -0.0551. The number of aliphatic hydroxyl groups is 3. The van der Waals surface area contributed by atoms with Crippen molar-refractivity contribution >= 4 is 5.91 Å². The first-order chi connectivity index (χ1) is 13.7. The van der Waals surface area contributed by atoms with Crippen molar-refractivity contribution in [3.63, 3.8) is 0 Å². The summed E-state index contributed by atoms with van der Waals surface area (Å²) in [6, 6.07) is 5.45. The highest BCUT2D eigenvalue weighted by Gasteiger charge is 2.51. The molecule has 5 atom stereocenters. The van der Waals surface area contributed by atoms with Crippen LogP contribution in [0.3, 0.4) is 0 Å². The van der Waals surface area contributed by atoms with Crippen LogP contribution in [0.25, 0.3) is 0 Å². The lowest BCUT2D eigenvalue weighted by Crippen LogP contribution is -2.66. The van der Waals surface area contributed by atoms with Crippen LogP contribution in [-0.4, -0.2) is 85.2 Å². The Morgan fingerprint density at radius 2 is 1.72 bits per heavy atom. The maximum Gasteiger partial charge on any atom is 0.251 e. The molecule has 0 saturated carbocycles. The third-order valence-corrected chi connectivity index (χ3v) is 5.24. The molecule has 1 heterocycles. The quantitative estimate of drug-likeness (QED) is 0.455. The van der Waals surface area contributed by atoms with E-state index in [-0.39, 0.29) is 6.54 Å². The third kappa shape index (κ3) is 5.18. The standard InChI is InChI=1S/C20H31NO8/c1-20(2,28-5)18-16(24)14(22)15(23)17(29-18)19(25)21-9-8-11-6-7-12(26-3)13(10-11)27-4/h6-7,10,14-18,22-24H,8-9H2,1-5H3,(H,21,25)/t14-,15-,16-,17?,18?/m0/s1. The number of hydrogen-bond donors (Lipinski definition) is 4. The Morgan fingerprint density at radius 1 is 1.07 bits per heavy atom. The summed E-state index contributed by atoms with van der Waals surface area (Å²) >= 11 is 0. The van der Waals surface area contributed by atoms with E-state index in [2.05, 4.69) is 5.32 Å². The van der Waals surface area contributed by atoms with Crippen molar-refractivity contribution in [3.8, 4) is 11.5 Å². The number of carbonyl (C=O) groups excluding carboxylic acids is 1. The summed E-state index contributed by atoms with van der Waals surface area (Å²) in [7, 11) is 4.53. The second-order valence-corrected chi connectivity index (χ2v) is 7.49. The molecule has 0 bridgehead atoms. The molecular weight excluding hydrogens is 382 g/mol. The molecule has 0 radical (unpaired) electrons. The highest BCUT2D eigenvalue weighted by Crippen LogP contribution is 2.30. The molecule has 0 aliphatic carbocycles. The summed E-state index contributed by atoms with van der Waals surface area (Å²) in [4.78, 5) is 12.6.